The van der Waals surface area contributed by atoms with Gasteiger partial charge in [0.2, 0.25) is 10.0 Å². The van der Waals surface area contributed by atoms with E-state index in [0.29, 0.717) is 12.1 Å². The topological polar surface area (TPSA) is 86.3 Å². The summed E-state index contributed by atoms with van der Waals surface area (Å²) < 4.78 is 60.7. The van der Waals surface area contributed by atoms with E-state index < -0.39 is 39.0 Å². The molecule has 0 fully saturated rings. The van der Waals surface area contributed by atoms with E-state index in [2.05, 4.69) is 0 Å². The Labute approximate surface area is 100 Å². The molecule has 0 unspecified atom stereocenters. The lowest BCUT2D eigenvalue weighted by atomic mass is 10.1. The zero-order valence-electron chi connectivity index (χ0n) is 8.91. The number of rotatable bonds is 3. The van der Waals surface area contributed by atoms with Gasteiger partial charge in [0.25, 0.3) is 0 Å². The fourth-order valence-corrected chi connectivity index (χ4v) is 1.76. The summed E-state index contributed by atoms with van der Waals surface area (Å²) in [7, 11) is -3.80. The first-order chi connectivity index (χ1) is 8.00. The van der Waals surface area contributed by atoms with Gasteiger partial charge in [-0.3, -0.25) is 4.72 Å². The van der Waals surface area contributed by atoms with Crippen LogP contribution < -0.4 is 9.83 Å². The molecule has 0 amide bonds. The molecule has 1 N–H and O–H groups in total. The minimum atomic E-state index is -4.73. The summed E-state index contributed by atoms with van der Waals surface area (Å²) in [5, 5.41) is 10.7. The van der Waals surface area contributed by atoms with E-state index in [9.17, 15) is 31.5 Å². The second-order valence-corrected chi connectivity index (χ2v) is 5.17. The number of carbonyl (C=O) groups excluding carboxylic acids is 1. The third-order valence-electron chi connectivity index (χ3n) is 1.86. The summed E-state index contributed by atoms with van der Waals surface area (Å²) in [5.41, 5.74) is -2.57. The molecule has 0 aliphatic heterocycles. The zero-order chi connectivity index (χ0) is 14.1. The Morgan fingerprint density at radius 3 is 2.28 bits per heavy atom. The fraction of sp³-hybridized carbons (Fsp3) is 0.222. The van der Waals surface area contributed by atoms with Crippen LogP contribution in [0.4, 0.5) is 18.9 Å². The van der Waals surface area contributed by atoms with Crippen LogP contribution in [0.3, 0.4) is 0 Å². The highest BCUT2D eigenvalue weighted by Gasteiger charge is 2.31. The van der Waals surface area contributed by atoms with E-state index in [4.69, 9.17) is 0 Å². The molecule has 0 aliphatic rings. The molecule has 18 heavy (non-hydrogen) atoms. The van der Waals surface area contributed by atoms with Crippen LogP contribution >= 0.6 is 0 Å². The van der Waals surface area contributed by atoms with Gasteiger partial charge >= 0.3 is 6.18 Å². The van der Waals surface area contributed by atoms with Gasteiger partial charge in [-0.15, -0.1) is 0 Å². The van der Waals surface area contributed by atoms with Crippen molar-refractivity contribution in [1.82, 2.24) is 0 Å². The summed E-state index contributed by atoms with van der Waals surface area (Å²) in [4.78, 5) is 10.7. The number of benzene rings is 1. The number of aromatic carboxylic acids is 1. The van der Waals surface area contributed by atoms with E-state index in [1.165, 1.54) is 0 Å². The highest BCUT2D eigenvalue weighted by Crippen LogP contribution is 2.31. The largest absolute Gasteiger partial charge is 0.545 e. The second kappa shape index (κ2) is 4.48. The van der Waals surface area contributed by atoms with Crippen molar-refractivity contribution < 1.29 is 31.5 Å². The smallest absolute Gasteiger partial charge is 0.416 e. The van der Waals surface area contributed by atoms with Crippen LogP contribution in [0.25, 0.3) is 0 Å². The number of alkyl halides is 3. The van der Waals surface area contributed by atoms with Gasteiger partial charge in [0, 0.05) is 5.56 Å². The van der Waals surface area contributed by atoms with Crippen LogP contribution in [0.5, 0.6) is 0 Å². The molecule has 5 nitrogen and oxygen atoms in total. The number of hydrogen-bond acceptors (Lipinski definition) is 4. The Morgan fingerprint density at radius 1 is 1.33 bits per heavy atom. The number of carboxylic acid groups (broad SMARTS) is 1. The zero-order valence-corrected chi connectivity index (χ0v) is 9.72. The summed E-state index contributed by atoms with van der Waals surface area (Å²) in [5.74, 6) is -1.91. The molecule has 1 aromatic carbocycles. The maximum atomic E-state index is 12.3. The first-order valence-corrected chi connectivity index (χ1v) is 6.30. The van der Waals surface area contributed by atoms with E-state index >= 15 is 0 Å². The van der Waals surface area contributed by atoms with E-state index in [1.807, 2.05) is 0 Å². The maximum absolute atomic E-state index is 12.3. The molecule has 9 heteroatoms. The number of nitrogens with one attached hydrogen (secondary N) is 1. The van der Waals surface area contributed by atoms with Crippen molar-refractivity contribution >= 4 is 21.7 Å². The third kappa shape index (κ3) is 3.62. The molecule has 1 aromatic rings. The number of hydrogen-bond donors (Lipinski definition) is 1. The number of carboxylic acids is 1. The summed E-state index contributed by atoms with van der Waals surface area (Å²) >= 11 is 0. The summed E-state index contributed by atoms with van der Waals surface area (Å²) in [6.07, 6.45) is -3.99. The van der Waals surface area contributed by atoms with Crippen LogP contribution in [-0.4, -0.2) is 20.6 Å². The number of sulfonamides is 1. The molecule has 0 atom stereocenters. The van der Waals surface area contributed by atoms with Crippen LogP contribution in [-0.2, 0) is 16.2 Å². The molecule has 0 heterocycles. The van der Waals surface area contributed by atoms with Gasteiger partial charge in [-0.05, 0) is 18.2 Å². The number of halogens is 3. The molecule has 0 bridgehead atoms. The minimum Gasteiger partial charge on any atom is -0.545 e. The Kier molecular flexibility index (Phi) is 3.56. The predicted octanol–water partition coefficient (Wildman–Crippen LogP) is 0.440. The van der Waals surface area contributed by atoms with Gasteiger partial charge in [0.05, 0.1) is 23.5 Å². The number of carbonyl (C=O) groups is 1. The van der Waals surface area contributed by atoms with E-state index in [1.54, 1.807) is 4.72 Å². The quantitative estimate of drug-likeness (QED) is 0.871. The normalized spacial score (nSPS) is 12.2. The molecule has 100 valence electrons. The first kappa shape index (κ1) is 14.3. The maximum Gasteiger partial charge on any atom is 0.416 e. The molecule has 0 saturated heterocycles. The summed E-state index contributed by atoms with van der Waals surface area (Å²) in [6, 6.07) is 1.60. The van der Waals surface area contributed by atoms with Crippen LogP contribution in [0.1, 0.15) is 15.9 Å². The molecule has 0 aromatic heterocycles. The molecule has 1 rings (SSSR count). The molecule has 0 spiro atoms. The first-order valence-electron chi connectivity index (χ1n) is 4.41. The van der Waals surface area contributed by atoms with Crippen molar-refractivity contribution in [2.75, 3.05) is 11.0 Å². The van der Waals surface area contributed by atoms with E-state index in [-0.39, 0.29) is 0 Å². The van der Waals surface area contributed by atoms with Gasteiger partial charge in [-0.1, -0.05) is 0 Å². The SMILES string of the molecule is CS(=O)(=O)Nc1ccc(C(F)(F)F)cc1C(=O)[O-]. The summed E-state index contributed by atoms with van der Waals surface area (Å²) in [6.45, 7) is 0. The van der Waals surface area contributed by atoms with E-state index in [0.717, 1.165) is 12.3 Å². The number of anilines is 1. The van der Waals surface area contributed by atoms with Crippen molar-refractivity contribution in [2.45, 2.75) is 6.18 Å². The van der Waals surface area contributed by atoms with Gasteiger partial charge in [-0.2, -0.15) is 13.2 Å². The lowest BCUT2D eigenvalue weighted by Crippen LogP contribution is -2.25. The second-order valence-electron chi connectivity index (χ2n) is 3.42. The average Bonchev–Trinajstić information content (AvgIpc) is 2.13. The van der Waals surface area contributed by atoms with Crippen molar-refractivity contribution in [2.24, 2.45) is 0 Å². The Bertz CT molecular complexity index is 580. The molecule has 0 aliphatic carbocycles. The fourth-order valence-electron chi connectivity index (χ4n) is 1.18. The molecule has 0 saturated carbocycles. The van der Waals surface area contributed by atoms with Crippen LogP contribution in [0.2, 0.25) is 0 Å². The highest BCUT2D eigenvalue weighted by atomic mass is 32.2. The standard InChI is InChI=1S/C9H8F3NO4S/c1-18(16,17)13-7-3-2-5(9(10,11)12)4-6(7)8(14)15/h2-4,13H,1H3,(H,14,15)/p-1. The Hall–Kier alpha value is -1.77. The van der Waals surface area contributed by atoms with Gasteiger partial charge in [0.1, 0.15) is 0 Å². The molecular formula is C9H7F3NO4S-. The average molecular weight is 282 g/mol. The Morgan fingerprint density at radius 2 is 1.89 bits per heavy atom. The van der Waals surface area contributed by atoms with Gasteiger partial charge in [0.15, 0.2) is 0 Å². The lowest BCUT2D eigenvalue weighted by molar-refractivity contribution is -0.254. The predicted molar refractivity (Wildman–Crippen MR) is 54.2 cm³/mol. The van der Waals surface area contributed by atoms with Crippen LogP contribution in [0.15, 0.2) is 18.2 Å². The van der Waals surface area contributed by atoms with Crippen molar-refractivity contribution in [3.63, 3.8) is 0 Å². The van der Waals surface area contributed by atoms with Crippen molar-refractivity contribution in [3.8, 4) is 0 Å². The Balaban J connectivity index is 3.34. The molecular weight excluding hydrogens is 275 g/mol. The third-order valence-corrected chi connectivity index (χ3v) is 2.45. The monoisotopic (exact) mass is 282 g/mol. The minimum absolute atomic E-state index is 0.308. The van der Waals surface area contributed by atoms with Crippen molar-refractivity contribution in [1.29, 1.82) is 0 Å². The van der Waals surface area contributed by atoms with Crippen molar-refractivity contribution in [3.05, 3.63) is 29.3 Å². The van der Waals surface area contributed by atoms with Gasteiger partial charge in [-0.25, -0.2) is 8.42 Å². The van der Waals surface area contributed by atoms with Crippen LogP contribution in [0, 0.1) is 0 Å². The highest BCUT2D eigenvalue weighted by molar-refractivity contribution is 7.92. The molecule has 0 radical (unpaired) electrons. The lowest BCUT2D eigenvalue weighted by Gasteiger charge is -2.14. The van der Waals surface area contributed by atoms with Gasteiger partial charge < -0.3 is 9.90 Å².